The van der Waals surface area contributed by atoms with E-state index in [2.05, 4.69) is 19.6 Å². The van der Waals surface area contributed by atoms with Gasteiger partial charge in [-0.15, -0.1) is 5.73 Å². The molecule has 2 rings (SSSR count). The summed E-state index contributed by atoms with van der Waals surface area (Å²) in [6, 6.07) is 19.4. The molecule has 1 nitrogen and oxygen atoms in total. The lowest BCUT2D eigenvalue weighted by Crippen LogP contribution is -2.13. The van der Waals surface area contributed by atoms with E-state index in [1.165, 1.54) is 5.57 Å². The Bertz CT molecular complexity index is 631. The second-order valence-electron chi connectivity index (χ2n) is 4.91. The van der Waals surface area contributed by atoms with E-state index in [4.69, 9.17) is 0 Å². The third kappa shape index (κ3) is 3.64. The molecular formula is C19H21OP. The summed E-state index contributed by atoms with van der Waals surface area (Å²) in [5, 5.41) is 1.71. The summed E-state index contributed by atoms with van der Waals surface area (Å²) in [6.07, 6.45) is 1.88. The summed E-state index contributed by atoms with van der Waals surface area (Å²) in [6.45, 7) is 4.21. The molecule has 0 saturated carbocycles. The second kappa shape index (κ2) is 7.27. The van der Waals surface area contributed by atoms with Gasteiger partial charge in [0.25, 0.3) is 0 Å². The van der Waals surface area contributed by atoms with Gasteiger partial charge < -0.3 is 4.57 Å². The van der Waals surface area contributed by atoms with Crippen molar-refractivity contribution in [1.29, 1.82) is 0 Å². The smallest absolute Gasteiger partial charge is 0.171 e. The van der Waals surface area contributed by atoms with Crippen molar-refractivity contribution in [3.05, 3.63) is 77.8 Å². The molecule has 0 aliphatic rings. The Kier molecular flexibility index (Phi) is 5.39. The van der Waals surface area contributed by atoms with Crippen LogP contribution in [0.1, 0.15) is 26.7 Å². The van der Waals surface area contributed by atoms with E-state index in [1.54, 1.807) is 5.82 Å². The van der Waals surface area contributed by atoms with Gasteiger partial charge in [-0.1, -0.05) is 74.5 Å². The fraction of sp³-hybridized carbons (Fsp3) is 0.211. The van der Waals surface area contributed by atoms with Gasteiger partial charge in [0.1, 0.15) is 0 Å². The third-order valence-corrected chi connectivity index (χ3v) is 6.21. The van der Waals surface area contributed by atoms with Gasteiger partial charge in [-0.3, -0.25) is 0 Å². The van der Waals surface area contributed by atoms with Gasteiger partial charge in [0.05, 0.1) is 0 Å². The van der Waals surface area contributed by atoms with E-state index in [0.717, 1.165) is 23.5 Å². The first-order valence-corrected chi connectivity index (χ1v) is 9.15. The molecule has 0 atom stereocenters. The van der Waals surface area contributed by atoms with Gasteiger partial charge >= 0.3 is 0 Å². The van der Waals surface area contributed by atoms with Gasteiger partial charge in [-0.25, -0.2) is 0 Å². The van der Waals surface area contributed by atoms with Gasteiger partial charge in [0.15, 0.2) is 7.14 Å². The van der Waals surface area contributed by atoms with E-state index in [9.17, 15) is 4.57 Å². The zero-order chi connectivity index (χ0) is 15.1. The van der Waals surface area contributed by atoms with Crippen LogP contribution in [-0.4, -0.2) is 0 Å². The predicted octanol–water partition coefficient (Wildman–Crippen LogP) is 4.86. The lowest BCUT2D eigenvalue weighted by molar-refractivity contribution is 0.592. The van der Waals surface area contributed by atoms with Crippen LogP contribution in [0.15, 0.2) is 77.8 Å². The van der Waals surface area contributed by atoms with Gasteiger partial charge in [0, 0.05) is 16.4 Å². The van der Waals surface area contributed by atoms with Crippen molar-refractivity contribution in [3.63, 3.8) is 0 Å². The van der Waals surface area contributed by atoms with Gasteiger partial charge in [-0.05, 0) is 18.4 Å². The molecule has 2 heteroatoms. The lowest BCUT2D eigenvalue weighted by atomic mass is 10.2. The lowest BCUT2D eigenvalue weighted by Gasteiger charge is -2.14. The normalized spacial score (nSPS) is 10.8. The van der Waals surface area contributed by atoms with Crippen LogP contribution in [0, 0.1) is 0 Å². The highest BCUT2D eigenvalue weighted by atomic mass is 31.2. The van der Waals surface area contributed by atoms with Crippen molar-refractivity contribution in [3.8, 4) is 0 Å². The molecule has 0 saturated heterocycles. The molecule has 21 heavy (non-hydrogen) atoms. The predicted molar refractivity (Wildman–Crippen MR) is 91.9 cm³/mol. The third-order valence-electron chi connectivity index (χ3n) is 3.58. The number of hydrogen-bond acceptors (Lipinski definition) is 1. The summed E-state index contributed by atoms with van der Waals surface area (Å²) in [4.78, 5) is 0. The molecule has 0 aromatic heterocycles. The molecule has 0 spiro atoms. The molecule has 0 amide bonds. The minimum absolute atomic E-state index is 0.857. The molecule has 0 aliphatic heterocycles. The molecule has 2 aromatic rings. The van der Waals surface area contributed by atoms with Gasteiger partial charge in [0.2, 0.25) is 0 Å². The maximum absolute atomic E-state index is 13.6. The fourth-order valence-corrected chi connectivity index (χ4v) is 4.42. The highest BCUT2D eigenvalue weighted by molar-refractivity contribution is 7.81. The first-order valence-electron chi connectivity index (χ1n) is 7.37. The number of allylic oxidation sites excluding steroid dienone is 1. The fourth-order valence-electron chi connectivity index (χ4n) is 2.23. The maximum atomic E-state index is 13.6. The molecule has 0 radical (unpaired) electrons. The standard InChI is InChI=1S/C19H21OP/c1-3-17(4-2)15-16-21(20,18-11-7-5-8-12-18)19-13-9-6-10-14-19/h5-14,16H,3-4H2,1-2H3. The van der Waals surface area contributed by atoms with Crippen molar-refractivity contribution in [2.45, 2.75) is 26.7 Å². The van der Waals surface area contributed by atoms with E-state index < -0.39 is 7.14 Å². The van der Waals surface area contributed by atoms with Gasteiger partial charge in [-0.2, -0.15) is 0 Å². The zero-order valence-electron chi connectivity index (χ0n) is 12.6. The highest BCUT2D eigenvalue weighted by Gasteiger charge is 2.23. The maximum Gasteiger partial charge on any atom is 0.171 e. The van der Waals surface area contributed by atoms with Crippen LogP contribution in [-0.2, 0) is 4.57 Å². The topological polar surface area (TPSA) is 17.1 Å². The van der Waals surface area contributed by atoms with Crippen LogP contribution in [0.4, 0.5) is 0 Å². The molecule has 0 N–H and O–H groups in total. The number of rotatable bonds is 5. The van der Waals surface area contributed by atoms with Crippen LogP contribution in [0.5, 0.6) is 0 Å². The van der Waals surface area contributed by atoms with Crippen LogP contribution in [0.25, 0.3) is 0 Å². The van der Waals surface area contributed by atoms with E-state index in [1.807, 2.05) is 60.7 Å². The Morgan fingerprint density at radius 1 is 0.905 bits per heavy atom. The summed E-state index contributed by atoms with van der Waals surface area (Å²) in [5.41, 5.74) is 4.48. The molecule has 0 unspecified atom stereocenters. The average Bonchev–Trinajstić information content (AvgIpc) is 2.57. The molecule has 2 aromatic carbocycles. The molecule has 0 bridgehead atoms. The van der Waals surface area contributed by atoms with E-state index >= 15 is 0 Å². The number of hydrogen-bond donors (Lipinski definition) is 0. The summed E-state index contributed by atoms with van der Waals surface area (Å²) in [5.74, 6) is 1.79. The van der Waals surface area contributed by atoms with Crippen molar-refractivity contribution >= 4 is 17.8 Å². The van der Waals surface area contributed by atoms with E-state index in [0.29, 0.717) is 0 Å². The van der Waals surface area contributed by atoms with E-state index in [-0.39, 0.29) is 0 Å². The van der Waals surface area contributed by atoms with Crippen molar-refractivity contribution in [1.82, 2.24) is 0 Å². The SMILES string of the molecule is CCC(=C=CP(=O)(c1ccccc1)c1ccccc1)CC. The Labute approximate surface area is 127 Å². The van der Waals surface area contributed by atoms with Crippen LogP contribution in [0.2, 0.25) is 0 Å². The van der Waals surface area contributed by atoms with Crippen LogP contribution >= 0.6 is 7.14 Å². The monoisotopic (exact) mass is 296 g/mol. The minimum atomic E-state index is -2.76. The zero-order valence-corrected chi connectivity index (χ0v) is 13.5. The van der Waals surface area contributed by atoms with Crippen molar-refractivity contribution in [2.75, 3.05) is 0 Å². The summed E-state index contributed by atoms with van der Waals surface area (Å²) in [7, 11) is -2.76. The van der Waals surface area contributed by atoms with Crippen molar-refractivity contribution < 1.29 is 4.57 Å². The minimum Gasteiger partial charge on any atom is -0.309 e. The Morgan fingerprint density at radius 3 is 1.71 bits per heavy atom. The first-order chi connectivity index (χ1) is 10.2. The molecular weight excluding hydrogens is 275 g/mol. The Morgan fingerprint density at radius 2 is 1.33 bits per heavy atom. The average molecular weight is 296 g/mol. The largest absolute Gasteiger partial charge is 0.309 e. The Balaban J connectivity index is 2.62. The highest BCUT2D eigenvalue weighted by Crippen LogP contribution is 2.44. The molecule has 0 aliphatic carbocycles. The summed E-state index contributed by atoms with van der Waals surface area (Å²) >= 11 is 0. The first kappa shape index (κ1) is 15.6. The molecule has 108 valence electrons. The van der Waals surface area contributed by atoms with Crippen LogP contribution < -0.4 is 10.6 Å². The molecule has 0 heterocycles. The Hall–Kier alpha value is -1.81. The second-order valence-corrected chi connectivity index (χ2v) is 7.52. The van der Waals surface area contributed by atoms with Crippen molar-refractivity contribution in [2.24, 2.45) is 0 Å². The number of benzene rings is 2. The summed E-state index contributed by atoms with van der Waals surface area (Å²) < 4.78 is 13.6. The molecule has 0 fully saturated rings. The quantitative estimate of drug-likeness (QED) is 0.569. The van der Waals surface area contributed by atoms with Crippen LogP contribution in [0.3, 0.4) is 0 Å².